The summed E-state index contributed by atoms with van der Waals surface area (Å²) in [7, 11) is 0. The molecule has 0 heterocycles. The predicted molar refractivity (Wildman–Crippen MR) is 22.7 cm³/mol. The third kappa shape index (κ3) is 728. The Morgan fingerprint density at radius 3 is 0.818 bits per heavy atom. The Labute approximate surface area is 74.7 Å². The van der Waals surface area contributed by atoms with Gasteiger partial charge in [-0.1, -0.05) is 0 Å². The molecule has 0 aromatic rings. The van der Waals surface area contributed by atoms with Gasteiger partial charge < -0.3 is 20.4 Å². The molecule has 0 aliphatic carbocycles. The van der Waals surface area contributed by atoms with Gasteiger partial charge in [0.1, 0.15) is 0 Å². The SMILES string of the molecule is O=C(O)O.O=C(O)O.[O]=[U]=[O]. The van der Waals surface area contributed by atoms with Crippen molar-refractivity contribution in [2.24, 2.45) is 0 Å². The van der Waals surface area contributed by atoms with Gasteiger partial charge in [-0.25, -0.2) is 9.59 Å². The van der Waals surface area contributed by atoms with Crippen molar-refractivity contribution in [2.75, 3.05) is 0 Å². The second-order valence-corrected chi connectivity index (χ2v) is 1.34. The first-order valence-electron chi connectivity index (χ1n) is 1.71. The Bertz CT molecular complexity index is 124. The molecule has 8 nitrogen and oxygen atoms in total. The van der Waals surface area contributed by atoms with Crippen LogP contribution in [-0.4, -0.2) is 32.7 Å². The zero-order valence-corrected chi connectivity index (χ0v) is 9.09. The van der Waals surface area contributed by atoms with Gasteiger partial charge in [0, 0.05) is 0 Å². The van der Waals surface area contributed by atoms with E-state index in [2.05, 4.69) is 0 Å². The molecular weight excluding hydrogens is 390 g/mol. The molecule has 0 rings (SSSR count). The van der Waals surface area contributed by atoms with E-state index in [1.165, 1.54) is 0 Å². The number of hydrogen-bond donors (Lipinski definition) is 4. The maximum atomic E-state index is 8.58. The summed E-state index contributed by atoms with van der Waals surface area (Å²) in [6, 6.07) is 0. The van der Waals surface area contributed by atoms with Crippen LogP contribution in [0.25, 0.3) is 0 Å². The van der Waals surface area contributed by atoms with Crippen LogP contribution in [-0.2, 0) is 4.47 Å². The minimum absolute atomic E-state index is 1.83. The Kier molecular flexibility index (Phi) is 24.4. The summed E-state index contributed by atoms with van der Waals surface area (Å²) in [5.41, 5.74) is 0. The molecular formula is C2H4O8U. The van der Waals surface area contributed by atoms with Crippen LogP contribution in [0.15, 0.2) is 0 Å². The summed E-state index contributed by atoms with van der Waals surface area (Å²) >= 11 is -2.51. The van der Waals surface area contributed by atoms with Crippen molar-refractivity contribution in [3.05, 3.63) is 0 Å². The number of carboxylic acid groups (broad SMARTS) is 4. The van der Waals surface area contributed by atoms with Crippen molar-refractivity contribution in [1.82, 2.24) is 0 Å². The van der Waals surface area contributed by atoms with Gasteiger partial charge in [-0.15, -0.1) is 0 Å². The van der Waals surface area contributed by atoms with Crippen LogP contribution in [0.1, 0.15) is 0 Å². The first kappa shape index (κ1) is 16.6. The van der Waals surface area contributed by atoms with Crippen LogP contribution in [0.3, 0.4) is 0 Å². The molecule has 0 bridgehead atoms. The van der Waals surface area contributed by atoms with E-state index in [0.29, 0.717) is 0 Å². The van der Waals surface area contributed by atoms with E-state index in [1.54, 1.807) is 0 Å². The zero-order valence-electron chi connectivity index (χ0n) is 4.92. The second kappa shape index (κ2) is 16.1. The third-order valence-corrected chi connectivity index (χ3v) is 0. The summed E-state index contributed by atoms with van der Waals surface area (Å²) in [4.78, 5) is 17.1. The van der Waals surface area contributed by atoms with Crippen molar-refractivity contribution >= 4 is 12.3 Å². The van der Waals surface area contributed by atoms with Crippen LogP contribution in [0, 0.1) is 27.8 Å². The summed E-state index contributed by atoms with van der Waals surface area (Å²) < 4.78 is 17.2. The monoisotopic (exact) mass is 394 g/mol. The van der Waals surface area contributed by atoms with Gasteiger partial charge in [-0.05, 0) is 0 Å². The van der Waals surface area contributed by atoms with E-state index in [4.69, 9.17) is 34.5 Å². The Morgan fingerprint density at radius 2 is 0.818 bits per heavy atom. The third-order valence-electron chi connectivity index (χ3n) is 0. The molecule has 0 radical (unpaired) electrons. The molecule has 11 heavy (non-hydrogen) atoms. The molecule has 0 aliphatic rings. The quantitative estimate of drug-likeness (QED) is 0.456. The normalized spacial score (nSPS) is 5.09. The first-order chi connectivity index (χ1) is 4.88. The van der Waals surface area contributed by atoms with Crippen molar-refractivity contribution in [3.8, 4) is 0 Å². The number of carbonyl (C=O) groups is 2. The number of hydrogen-bond acceptors (Lipinski definition) is 4. The van der Waals surface area contributed by atoms with Gasteiger partial charge in [0.2, 0.25) is 0 Å². The van der Waals surface area contributed by atoms with E-state index in [-0.39, 0.29) is 0 Å². The average Bonchev–Trinajstić information content (AvgIpc) is 1.60. The van der Waals surface area contributed by atoms with E-state index in [9.17, 15) is 0 Å². The molecule has 9 heteroatoms. The molecule has 0 amide bonds. The fraction of sp³-hybridized carbons (Fsp3) is 0. The molecule has 0 aromatic carbocycles. The standard InChI is InChI=1S/2CH2O3.2O.U/c2*2-1(3)4;;;/h2*(H2,2,3,4);;;. The van der Waals surface area contributed by atoms with Gasteiger partial charge in [0.15, 0.2) is 0 Å². The van der Waals surface area contributed by atoms with E-state index >= 15 is 0 Å². The summed E-state index contributed by atoms with van der Waals surface area (Å²) in [5.74, 6) is 0. The van der Waals surface area contributed by atoms with Crippen LogP contribution in [0.5, 0.6) is 0 Å². The Balaban J connectivity index is -0.0000000886. The van der Waals surface area contributed by atoms with E-state index in [0.717, 1.165) is 0 Å². The molecule has 64 valence electrons. The van der Waals surface area contributed by atoms with Gasteiger partial charge in [-0.2, -0.15) is 0 Å². The molecule has 0 aliphatic heterocycles. The molecule has 0 spiro atoms. The Morgan fingerprint density at radius 1 is 0.818 bits per heavy atom. The molecule has 0 aromatic heterocycles. The molecule has 0 saturated heterocycles. The van der Waals surface area contributed by atoms with Crippen LogP contribution < -0.4 is 0 Å². The van der Waals surface area contributed by atoms with Crippen LogP contribution in [0.4, 0.5) is 9.59 Å². The second-order valence-electron chi connectivity index (χ2n) is 0.648. The van der Waals surface area contributed by atoms with E-state index in [1.807, 2.05) is 0 Å². The Hall–Kier alpha value is -0.808. The van der Waals surface area contributed by atoms with E-state index < -0.39 is 40.1 Å². The van der Waals surface area contributed by atoms with Crippen LogP contribution >= 0.6 is 0 Å². The average molecular weight is 394 g/mol. The van der Waals surface area contributed by atoms with Crippen molar-refractivity contribution in [2.45, 2.75) is 0 Å². The number of rotatable bonds is 0. The predicted octanol–water partition coefficient (Wildman–Crippen LogP) is 0.207. The van der Waals surface area contributed by atoms with Crippen LogP contribution in [0.2, 0.25) is 0 Å². The molecule has 0 saturated carbocycles. The van der Waals surface area contributed by atoms with Crippen molar-refractivity contribution in [1.29, 1.82) is 0 Å². The van der Waals surface area contributed by atoms with Gasteiger partial charge in [-0.3, -0.25) is 0 Å². The first-order valence-corrected chi connectivity index (χ1v) is 5.11. The molecule has 0 atom stereocenters. The summed E-state index contributed by atoms with van der Waals surface area (Å²) in [5, 5.41) is 27.9. The molecule has 4 N–H and O–H groups in total. The van der Waals surface area contributed by atoms with Gasteiger partial charge >= 0.3 is 44.6 Å². The van der Waals surface area contributed by atoms with Crippen molar-refractivity contribution in [3.63, 3.8) is 0 Å². The fourth-order valence-corrected chi connectivity index (χ4v) is 0. The summed E-state index contributed by atoms with van der Waals surface area (Å²) in [6.45, 7) is 0. The summed E-state index contributed by atoms with van der Waals surface area (Å²) in [6.07, 6.45) is -3.67. The fourth-order valence-electron chi connectivity index (χ4n) is 0. The van der Waals surface area contributed by atoms with Gasteiger partial charge in [0.05, 0.1) is 0 Å². The minimum atomic E-state index is -2.51. The molecule has 0 unspecified atom stereocenters. The molecule has 0 fully saturated rings. The topological polar surface area (TPSA) is 149 Å². The zero-order chi connectivity index (χ0) is 9.86. The van der Waals surface area contributed by atoms with Crippen molar-refractivity contribution < 1.29 is 62.3 Å². The maximum absolute atomic E-state index is 8.58. The van der Waals surface area contributed by atoms with Gasteiger partial charge in [0.25, 0.3) is 0 Å².